The number of carbonyl (C=O) groups is 2. The minimum Gasteiger partial charge on any atom is -0.450 e. The van der Waals surface area contributed by atoms with E-state index in [0.717, 1.165) is 17.7 Å². The summed E-state index contributed by atoms with van der Waals surface area (Å²) in [5.41, 5.74) is 0.673. The van der Waals surface area contributed by atoms with Crippen LogP contribution in [-0.4, -0.2) is 42.8 Å². The molecule has 0 aromatic heterocycles. The van der Waals surface area contributed by atoms with Gasteiger partial charge in [-0.05, 0) is 31.9 Å². The second-order valence-corrected chi connectivity index (χ2v) is 5.56. The third kappa shape index (κ3) is 4.56. The molecule has 0 bridgehead atoms. The van der Waals surface area contributed by atoms with E-state index < -0.39 is 0 Å². The van der Waals surface area contributed by atoms with Gasteiger partial charge >= 0.3 is 12.1 Å². The Kier molecular flexibility index (Phi) is 5.94. The number of nitrogens with zero attached hydrogens (tertiary/aromatic N) is 1. The number of anilines is 1. The molecule has 1 aliphatic heterocycles. The summed E-state index contributed by atoms with van der Waals surface area (Å²) in [5, 5.41) is 5.70. The van der Waals surface area contributed by atoms with Crippen LogP contribution in [0.1, 0.15) is 19.8 Å². The summed E-state index contributed by atoms with van der Waals surface area (Å²) in [4.78, 5) is 26.0. The zero-order chi connectivity index (χ0) is 15.9. The highest BCUT2D eigenvalue weighted by molar-refractivity contribution is 7.80. The van der Waals surface area contributed by atoms with Crippen molar-refractivity contribution in [1.29, 1.82) is 0 Å². The summed E-state index contributed by atoms with van der Waals surface area (Å²) in [6.07, 6.45) is 1.15. The first kappa shape index (κ1) is 16.5. The second-order valence-electron chi connectivity index (χ2n) is 5.08. The number of para-hydroxylation sites is 1. The number of carbonyl (C=O) groups excluding carboxylic acids is 2. The van der Waals surface area contributed by atoms with Gasteiger partial charge < -0.3 is 20.3 Å². The molecule has 1 aromatic carbocycles. The molecule has 2 rings (SSSR count). The predicted molar refractivity (Wildman–Crippen MR) is 87.5 cm³/mol. The van der Waals surface area contributed by atoms with E-state index in [9.17, 15) is 9.59 Å². The molecule has 3 amide bonds. The maximum atomic E-state index is 12.0. The van der Waals surface area contributed by atoms with Crippen LogP contribution in [0.3, 0.4) is 0 Å². The molecule has 1 fully saturated rings. The maximum Gasteiger partial charge on any atom is 0.409 e. The first-order valence-electron chi connectivity index (χ1n) is 7.37. The lowest BCUT2D eigenvalue weighted by Crippen LogP contribution is -2.47. The number of hydrogen-bond acceptors (Lipinski definition) is 4. The van der Waals surface area contributed by atoms with Crippen LogP contribution in [-0.2, 0) is 4.74 Å². The summed E-state index contributed by atoms with van der Waals surface area (Å²) in [6, 6.07) is 7.11. The molecule has 0 spiro atoms. The van der Waals surface area contributed by atoms with Crippen molar-refractivity contribution in [2.24, 2.45) is 0 Å². The standard InChI is InChI=1S/C15H21N3O3S/c1-2-21-15(20)18-9-7-11(8-10-18)16-14(19)17-12-5-3-4-6-13(12)22/h3-6,11,22H,2,7-10H2,1H3,(H2,16,17,19). The normalized spacial score (nSPS) is 15.3. The Hall–Kier alpha value is -1.89. The number of urea groups is 1. The van der Waals surface area contributed by atoms with Gasteiger partial charge in [-0.15, -0.1) is 12.6 Å². The van der Waals surface area contributed by atoms with E-state index in [0.29, 0.717) is 25.4 Å². The number of benzene rings is 1. The predicted octanol–water partition coefficient (Wildman–Crippen LogP) is 2.72. The average Bonchev–Trinajstić information content (AvgIpc) is 2.50. The molecule has 120 valence electrons. The molecule has 22 heavy (non-hydrogen) atoms. The highest BCUT2D eigenvalue weighted by Crippen LogP contribution is 2.18. The van der Waals surface area contributed by atoms with Crippen molar-refractivity contribution in [2.75, 3.05) is 25.0 Å². The molecule has 0 unspecified atom stereocenters. The van der Waals surface area contributed by atoms with Gasteiger partial charge in [-0.2, -0.15) is 0 Å². The SMILES string of the molecule is CCOC(=O)N1CCC(NC(=O)Nc2ccccc2S)CC1. The van der Waals surface area contributed by atoms with Crippen molar-refractivity contribution in [3.63, 3.8) is 0 Å². The topological polar surface area (TPSA) is 70.7 Å². The van der Waals surface area contributed by atoms with Crippen LogP contribution in [0, 0.1) is 0 Å². The van der Waals surface area contributed by atoms with Crippen LogP contribution >= 0.6 is 12.6 Å². The molecule has 1 saturated heterocycles. The van der Waals surface area contributed by atoms with Crippen LogP contribution in [0.15, 0.2) is 29.2 Å². The van der Waals surface area contributed by atoms with Crippen LogP contribution in [0.2, 0.25) is 0 Å². The lowest BCUT2D eigenvalue weighted by Gasteiger charge is -2.31. The third-order valence-corrected chi connectivity index (χ3v) is 3.90. The summed E-state index contributed by atoms with van der Waals surface area (Å²) in [5.74, 6) is 0. The van der Waals surface area contributed by atoms with Crippen LogP contribution in [0.25, 0.3) is 0 Å². The first-order chi connectivity index (χ1) is 10.6. The van der Waals surface area contributed by atoms with Crippen LogP contribution in [0.4, 0.5) is 15.3 Å². The van der Waals surface area contributed by atoms with Gasteiger partial charge in [-0.1, -0.05) is 12.1 Å². The smallest absolute Gasteiger partial charge is 0.409 e. The number of rotatable bonds is 3. The quantitative estimate of drug-likeness (QED) is 0.749. The summed E-state index contributed by atoms with van der Waals surface area (Å²) < 4.78 is 4.97. The average molecular weight is 323 g/mol. The maximum absolute atomic E-state index is 12.0. The molecule has 1 aromatic rings. The number of ether oxygens (including phenoxy) is 1. The van der Waals surface area contributed by atoms with Crippen molar-refractivity contribution in [1.82, 2.24) is 10.2 Å². The van der Waals surface area contributed by atoms with Crippen LogP contribution in [0.5, 0.6) is 0 Å². The molecule has 6 nitrogen and oxygen atoms in total. The number of likely N-dealkylation sites (tertiary alicyclic amines) is 1. The van der Waals surface area contributed by atoms with Crippen molar-refractivity contribution < 1.29 is 14.3 Å². The zero-order valence-corrected chi connectivity index (χ0v) is 13.4. The van der Waals surface area contributed by atoms with E-state index in [1.807, 2.05) is 18.2 Å². The fourth-order valence-electron chi connectivity index (χ4n) is 2.34. The van der Waals surface area contributed by atoms with Gasteiger partial charge in [0.05, 0.1) is 12.3 Å². The van der Waals surface area contributed by atoms with E-state index in [1.165, 1.54) is 0 Å². The Morgan fingerprint density at radius 3 is 2.64 bits per heavy atom. The molecular formula is C15H21N3O3S. The number of amides is 3. The van der Waals surface area contributed by atoms with Crippen molar-refractivity contribution in [2.45, 2.75) is 30.7 Å². The Morgan fingerprint density at radius 1 is 1.32 bits per heavy atom. The van der Waals surface area contributed by atoms with Crippen LogP contribution < -0.4 is 10.6 Å². The highest BCUT2D eigenvalue weighted by atomic mass is 32.1. The van der Waals surface area contributed by atoms with E-state index in [1.54, 1.807) is 17.9 Å². The Labute approximate surface area is 135 Å². The fraction of sp³-hybridized carbons (Fsp3) is 0.467. The summed E-state index contributed by atoms with van der Waals surface area (Å²) >= 11 is 4.29. The van der Waals surface area contributed by atoms with Gasteiger partial charge in [-0.3, -0.25) is 0 Å². The first-order valence-corrected chi connectivity index (χ1v) is 7.82. The minimum atomic E-state index is -0.283. The van der Waals surface area contributed by atoms with E-state index >= 15 is 0 Å². The Bertz CT molecular complexity index is 531. The molecule has 1 heterocycles. The molecule has 0 radical (unpaired) electrons. The number of thiol groups is 1. The van der Waals surface area contributed by atoms with Crippen molar-refractivity contribution in [3.8, 4) is 0 Å². The second kappa shape index (κ2) is 7.93. The molecule has 7 heteroatoms. The Morgan fingerprint density at radius 2 is 2.00 bits per heavy atom. The van der Waals surface area contributed by atoms with Gasteiger partial charge in [0, 0.05) is 24.0 Å². The fourth-order valence-corrected chi connectivity index (χ4v) is 2.56. The molecule has 2 N–H and O–H groups in total. The lowest BCUT2D eigenvalue weighted by atomic mass is 10.1. The monoisotopic (exact) mass is 323 g/mol. The number of hydrogen-bond donors (Lipinski definition) is 3. The van der Waals surface area contributed by atoms with E-state index in [2.05, 4.69) is 23.3 Å². The molecule has 0 aliphatic carbocycles. The molecule has 0 saturated carbocycles. The number of nitrogens with one attached hydrogen (secondary N) is 2. The van der Waals surface area contributed by atoms with Crippen molar-refractivity contribution >= 4 is 30.4 Å². The van der Waals surface area contributed by atoms with Crippen molar-refractivity contribution in [3.05, 3.63) is 24.3 Å². The van der Waals surface area contributed by atoms with Gasteiger partial charge in [0.15, 0.2) is 0 Å². The van der Waals surface area contributed by atoms with Gasteiger partial charge in [0.2, 0.25) is 0 Å². The molecular weight excluding hydrogens is 302 g/mol. The molecule has 1 aliphatic rings. The summed E-state index contributed by atoms with van der Waals surface area (Å²) in [6.45, 7) is 3.35. The lowest BCUT2D eigenvalue weighted by molar-refractivity contribution is 0.0959. The van der Waals surface area contributed by atoms with E-state index in [4.69, 9.17) is 4.74 Å². The third-order valence-electron chi connectivity index (χ3n) is 3.51. The minimum absolute atomic E-state index is 0.0535. The zero-order valence-electron chi connectivity index (χ0n) is 12.5. The highest BCUT2D eigenvalue weighted by Gasteiger charge is 2.24. The van der Waals surface area contributed by atoms with Gasteiger partial charge in [0.25, 0.3) is 0 Å². The largest absolute Gasteiger partial charge is 0.450 e. The van der Waals surface area contributed by atoms with Gasteiger partial charge in [0.1, 0.15) is 0 Å². The van der Waals surface area contributed by atoms with E-state index in [-0.39, 0.29) is 18.2 Å². The molecule has 0 atom stereocenters. The Balaban J connectivity index is 1.77. The van der Waals surface area contributed by atoms with Gasteiger partial charge in [-0.25, -0.2) is 9.59 Å². The summed E-state index contributed by atoms with van der Waals surface area (Å²) in [7, 11) is 0. The number of piperidine rings is 1.